The molecule has 0 aliphatic rings. The number of carbonyl (C=O) groups excluding carboxylic acids is 2. The van der Waals surface area contributed by atoms with Crippen molar-refractivity contribution < 1.29 is 19.8 Å². The van der Waals surface area contributed by atoms with Crippen molar-refractivity contribution in [3.8, 4) is 0 Å². The van der Waals surface area contributed by atoms with E-state index in [1.807, 2.05) is 5.32 Å². The normalized spacial score (nSPS) is 12.2. The summed E-state index contributed by atoms with van der Waals surface area (Å²) in [6.45, 7) is -0.703. The molecular formula is C5H7ClNO4-. The van der Waals surface area contributed by atoms with Crippen LogP contribution in [-0.4, -0.2) is 35.5 Å². The number of carboxylic acids is 1. The number of alkyl halides is 1. The van der Waals surface area contributed by atoms with E-state index in [1.165, 1.54) is 0 Å². The van der Waals surface area contributed by atoms with Crippen LogP contribution in [0.2, 0.25) is 0 Å². The zero-order valence-corrected chi connectivity index (χ0v) is 6.30. The second-order valence-corrected chi connectivity index (χ2v) is 2.02. The second-order valence-electron chi connectivity index (χ2n) is 1.76. The highest BCUT2D eigenvalue weighted by Gasteiger charge is 2.10. The molecule has 0 unspecified atom stereocenters. The molecule has 0 radical (unpaired) electrons. The third-order valence-corrected chi connectivity index (χ3v) is 1.17. The van der Waals surface area contributed by atoms with E-state index < -0.39 is 24.5 Å². The number of carbonyl (C=O) groups is 2. The minimum Gasteiger partial charge on any atom is -0.548 e. The highest BCUT2D eigenvalue weighted by atomic mass is 35.5. The van der Waals surface area contributed by atoms with Crippen molar-refractivity contribution in [2.24, 2.45) is 0 Å². The third-order valence-electron chi connectivity index (χ3n) is 0.924. The molecule has 6 heteroatoms. The molecule has 0 rings (SSSR count). The van der Waals surface area contributed by atoms with E-state index in [2.05, 4.69) is 0 Å². The average Bonchev–Trinajstić information content (AvgIpc) is 1.99. The Morgan fingerprint density at radius 1 is 1.64 bits per heavy atom. The van der Waals surface area contributed by atoms with E-state index in [9.17, 15) is 14.7 Å². The van der Waals surface area contributed by atoms with Crippen LogP contribution >= 0.6 is 11.6 Å². The van der Waals surface area contributed by atoms with Crippen molar-refractivity contribution >= 4 is 23.5 Å². The van der Waals surface area contributed by atoms with Gasteiger partial charge >= 0.3 is 0 Å². The van der Waals surface area contributed by atoms with E-state index in [1.54, 1.807) is 0 Å². The van der Waals surface area contributed by atoms with Gasteiger partial charge in [-0.25, -0.2) is 0 Å². The summed E-state index contributed by atoms with van der Waals surface area (Å²) in [4.78, 5) is 20.5. The molecule has 11 heavy (non-hydrogen) atoms. The Labute approximate surface area is 68.0 Å². The molecule has 1 atom stereocenters. The first-order valence-electron chi connectivity index (χ1n) is 2.79. The maximum atomic E-state index is 10.4. The SMILES string of the molecule is O=C(CCl)N[C@@H](CO)C(=O)[O-]. The molecule has 0 saturated heterocycles. The summed E-state index contributed by atoms with van der Waals surface area (Å²) < 4.78 is 0. The molecule has 0 aromatic rings. The monoisotopic (exact) mass is 180 g/mol. The summed E-state index contributed by atoms with van der Waals surface area (Å²) in [5.74, 6) is -2.54. The van der Waals surface area contributed by atoms with Crippen LogP contribution in [0.3, 0.4) is 0 Å². The molecule has 64 valence electrons. The van der Waals surface area contributed by atoms with Crippen molar-refractivity contribution in [1.82, 2.24) is 5.32 Å². The highest BCUT2D eigenvalue weighted by molar-refractivity contribution is 6.27. The first kappa shape index (κ1) is 10.2. The highest BCUT2D eigenvalue weighted by Crippen LogP contribution is 1.81. The number of carboxylic acid groups (broad SMARTS) is 1. The lowest BCUT2D eigenvalue weighted by Gasteiger charge is -2.15. The maximum absolute atomic E-state index is 10.4. The topological polar surface area (TPSA) is 89.5 Å². The van der Waals surface area contributed by atoms with Crippen LogP contribution in [0.15, 0.2) is 0 Å². The molecule has 5 nitrogen and oxygen atoms in total. The molecule has 0 aromatic carbocycles. The van der Waals surface area contributed by atoms with Gasteiger partial charge in [-0.15, -0.1) is 11.6 Å². The summed E-state index contributed by atoms with van der Waals surface area (Å²) in [7, 11) is 0. The van der Waals surface area contributed by atoms with Crippen LogP contribution in [0.5, 0.6) is 0 Å². The number of amides is 1. The molecule has 0 aliphatic carbocycles. The summed E-state index contributed by atoms with van der Waals surface area (Å²) >= 11 is 5.05. The van der Waals surface area contributed by atoms with E-state index in [0.29, 0.717) is 0 Å². The smallest absolute Gasteiger partial charge is 0.235 e. The number of nitrogens with one attached hydrogen (secondary N) is 1. The Morgan fingerprint density at radius 2 is 2.18 bits per heavy atom. The summed E-state index contributed by atoms with van der Waals surface area (Å²) in [5.41, 5.74) is 0. The lowest BCUT2D eigenvalue weighted by Crippen LogP contribution is -2.50. The fourth-order valence-corrected chi connectivity index (χ4v) is 0.489. The number of hydrogen-bond donors (Lipinski definition) is 2. The van der Waals surface area contributed by atoms with Gasteiger partial charge in [0.05, 0.1) is 18.6 Å². The molecule has 0 saturated carbocycles. The molecule has 0 heterocycles. The number of aliphatic hydroxyl groups is 1. The Kier molecular flexibility index (Phi) is 4.56. The minimum absolute atomic E-state index is 0.343. The molecule has 0 spiro atoms. The Hall–Kier alpha value is -0.810. The van der Waals surface area contributed by atoms with Crippen molar-refractivity contribution in [1.29, 1.82) is 0 Å². The van der Waals surface area contributed by atoms with Gasteiger partial charge in [0.15, 0.2) is 0 Å². The quantitative estimate of drug-likeness (QED) is 0.467. The molecule has 2 N–H and O–H groups in total. The molecule has 0 bridgehead atoms. The van der Waals surface area contributed by atoms with Crippen molar-refractivity contribution in [3.05, 3.63) is 0 Å². The van der Waals surface area contributed by atoms with Gasteiger partial charge in [-0.2, -0.15) is 0 Å². The number of halogens is 1. The van der Waals surface area contributed by atoms with Gasteiger partial charge in [-0.05, 0) is 0 Å². The van der Waals surface area contributed by atoms with Gasteiger partial charge in [0, 0.05) is 0 Å². The number of aliphatic hydroxyl groups excluding tert-OH is 1. The minimum atomic E-state index is -1.54. The van der Waals surface area contributed by atoms with Crippen molar-refractivity contribution in [3.63, 3.8) is 0 Å². The fraction of sp³-hybridized carbons (Fsp3) is 0.600. The first-order valence-corrected chi connectivity index (χ1v) is 3.32. The summed E-state index contributed by atoms with van der Waals surface area (Å²) in [6, 6.07) is -1.37. The van der Waals surface area contributed by atoms with Gasteiger partial charge < -0.3 is 20.3 Å². The maximum Gasteiger partial charge on any atom is 0.235 e. The van der Waals surface area contributed by atoms with Crippen molar-refractivity contribution in [2.45, 2.75) is 6.04 Å². The Morgan fingerprint density at radius 3 is 2.45 bits per heavy atom. The lowest BCUT2D eigenvalue weighted by atomic mass is 10.3. The molecule has 0 fully saturated rings. The summed E-state index contributed by atoms with van der Waals surface area (Å²) in [6.07, 6.45) is 0. The van der Waals surface area contributed by atoms with E-state index in [4.69, 9.17) is 16.7 Å². The Bertz CT molecular complexity index is 161. The largest absolute Gasteiger partial charge is 0.548 e. The zero-order valence-electron chi connectivity index (χ0n) is 5.54. The predicted octanol–water partition coefficient (Wildman–Crippen LogP) is -2.55. The van der Waals surface area contributed by atoms with Crippen molar-refractivity contribution in [2.75, 3.05) is 12.5 Å². The van der Waals surface area contributed by atoms with E-state index >= 15 is 0 Å². The number of rotatable bonds is 4. The van der Waals surface area contributed by atoms with Gasteiger partial charge in [0.2, 0.25) is 5.91 Å². The summed E-state index contributed by atoms with van der Waals surface area (Å²) in [5, 5.41) is 20.3. The fourth-order valence-electron chi connectivity index (χ4n) is 0.412. The van der Waals surface area contributed by atoms with Crippen LogP contribution in [0.25, 0.3) is 0 Å². The lowest BCUT2D eigenvalue weighted by molar-refractivity contribution is -0.309. The standard InChI is InChI=1S/C5H8ClNO4/c6-1-4(9)7-3(2-8)5(10)11/h3,8H,1-2H2,(H,7,9)(H,10,11)/p-1/t3-/m0/s1. The first-order chi connectivity index (χ1) is 5.11. The van der Waals surface area contributed by atoms with Crippen LogP contribution < -0.4 is 10.4 Å². The Balaban J connectivity index is 3.88. The molecular weight excluding hydrogens is 174 g/mol. The van der Waals surface area contributed by atoms with Gasteiger partial charge in [0.1, 0.15) is 5.88 Å². The number of aliphatic carboxylic acids is 1. The molecule has 0 aliphatic heterocycles. The van der Waals surface area contributed by atoms with E-state index in [0.717, 1.165) is 0 Å². The number of hydrogen-bond acceptors (Lipinski definition) is 4. The van der Waals surface area contributed by atoms with Gasteiger partial charge in [-0.3, -0.25) is 4.79 Å². The zero-order chi connectivity index (χ0) is 8.85. The average molecular weight is 181 g/mol. The van der Waals surface area contributed by atoms with Crippen LogP contribution in [0.1, 0.15) is 0 Å². The second kappa shape index (κ2) is 4.92. The van der Waals surface area contributed by atoms with Gasteiger partial charge in [0.25, 0.3) is 0 Å². The van der Waals surface area contributed by atoms with Crippen LogP contribution in [0, 0.1) is 0 Å². The van der Waals surface area contributed by atoms with Gasteiger partial charge in [-0.1, -0.05) is 0 Å². The predicted molar refractivity (Wildman–Crippen MR) is 34.7 cm³/mol. The van der Waals surface area contributed by atoms with Crippen LogP contribution in [-0.2, 0) is 9.59 Å². The third kappa shape index (κ3) is 3.79. The van der Waals surface area contributed by atoms with Crippen LogP contribution in [0.4, 0.5) is 0 Å². The molecule has 0 aromatic heterocycles. The van der Waals surface area contributed by atoms with E-state index in [-0.39, 0.29) is 5.88 Å². The molecule has 1 amide bonds.